The van der Waals surface area contributed by atoms with Crippen molar-refractivity contribution in [1.29, 1.82) is 0 Å². The lowest BCUT2D eigenvalue weighted by Crippen LogP contribution is -2.14. The van der Waals surface area contributed by atoms with Crippen molar-refractivity contribution in [2.45, 2.75) is 19.8 Å². The van der Waals surface area contributed by atoms with E-state index >= 15 is 0 Å². The molecule has 0 saturated heterocycles. The minimum atomic E-state index is 1.11. The van der Waals surface area contributed by atoms with Gasteiger partial charge in [-0.3, -0.25) is 4.99 Å². The Morgan fingerprint density at radius 1 is 1.46 bits per heavy atom. The van der Waals surface area contributed by atoms with Crippen LogP contribution in [0, 0.1) is 0 Å². The standard InChI is InChI=1S/C11H16N2/c1-3-4-7-11-8-5-6-9-13(11)10-12-2/h5-10H,3-4H2,1-2H3/b11-7+,12-10-. The lowest BCUT2D eigenvalue weighted by Gasteiger charge is -2.18. The molecule has 0 aromatic rings. The Bertz CT molecular complexity index is 259. The van der Waals surface area contributed by atoms with Crippen LogP contribution in [0.4, 0.5) is 0 Å². The van der Waals surface area contributed by atoms with Crippen LogP contribution in [0.25, 0.3) is 0 Å². The average Bonchev–Trinajstić information content (AvgIpc) is 2.17. The lowest BCUT2D eigenvalue weighted by atomic mass is 10.2. The minimum Gasteiger partial charge on any atom is -0.309 e. The molecule has 0 aliphatic carbocycles. The predicted molar refractivity (Wildman–Crippen MR) is 57.5 cm³/mol. The van der Waals surface area contributed by atoms with E-state index in [2.05, 4.69) is 24.1 Å². The molecule has 0 fully saturated rings. The Labute approximate surface area is 80.0 Å². The topological polar surface area (TPSA) is 15.6 Å². The van der Waals surface area contributed by atoms with Gasteiger partial charge in [0.25, 0.3) is 0 Å². The molecular weight excluding hydrogens is 160 g/mol. The predicted octanol–water partition coefficient (Wildman–Crippen LogP) is 2.71. The molecule has 0 N–H and O–H groups in total. The van der Waals surface area contributed by atoms with Crippen molar-refractivity contribution < 1.29 is 0 Å². The van der Waals surface area contributed by atoms with E-state index in [9.17, 15) is 0 Å². The molecule has 13 heavy (non-hydrogen) atoms. The van der Waals surface area contributed by atoms with E-state index < -0.39 is 0 Å². The molecule has 0 aromatic carbocycles. The van der Waals surface area contributed by atoms with Crippen LogP contribution in [0.1, 0.15) is 19.8 Å². The zero-order chi connectivity index (χ0) is 9.52. The second-order valence-electron chi connectivity index (χ2n) is 2.90. The summed E-state index contributed by atoms with van der Waals surface area (Å²) in [7, 11) is 1.78. The molecule has 1 aliphatic heterocycles. The molecule has 70 valence electrons. The van der Waals surface area contributed by atoms with E-state index in [4.69, 9.17) is 0 Å². The zero-order valence-electron chi connectivity index (χ0n) is 8.27. The molecule has 0 atom stereocenters. The van der Waals surface area contributed by atoms with Gasteiger partial charge in [-0.1, -0.05) is 25.5 Å². The molecule has 0 bridgehead atoms. The zero-order valence-corrected chi connectivity index (χ0v) is 8.27. The van der Waals surface area contributed by atoms with Crippen molar-refractivity contribution in [2.24, 2.45) is 4.99 Å². The number of rotatable bonds is 3. The smallest absolute Gasteiger partial charge is 0.0931 e. The highest BCUT2D eigenvalue weighted by Gasteiger charge is 2.01. The number of aliphatic imine (C=N–C) groups is 1. The third kappa shape index (κ3) is 2.90. The van der Waals surface area contributed by atoms with E-state index in [1.165, 1.54) is 12.1 Å². The molecule has 0 amide bonds. The third-order valence-corrected chi connectivity index (χ3v) is 1.80. The summed E-state index contributed by atoms with van der Waals surface area (Å²) in [5.41, 5.74) is 1.20. The van der Waals surface area contributed by atoms with Gasteiger partial charge in [0.05, 0.1) is 6.34 Å². The molecule has 0 radical (unpaired) electrons. The first-order valence-electron chi connectivity index (χ1n) is 4.64. The van der Waals surface area contributed by atoms with Crippen LogP contribution in [-0.2, 0) is 0 Å². The van der Waals surface area contributed by atoms with Gasteiger partial charge < -0.3 is 4.90 Å². The van der Waals surface area contributed by atoms with Gasteiger partial charge in [0.15, 0.2) is 0 Å². The van der Waals surface area contributed by atoms with Gasteiger partial charge in [-0.25, -0.2) is 0 Å². The maximum atomic E-state index is 3.99. The summed E-state index contributed by atoms with van der Waals surface area (Å²) in [6.45, 7) is 2.18. The normalized spacial score (nSPS) is 19.2. The quantitative estimate of drug-likeness (QED) is 0.477. The van der Waals surface area contributed by atoms with Crippen molar-refractivity contribution >= 4 is 6.34 Å². The second-order valence-corrected chi connectivity index (χ2v) is 2.90. The first-order chi connectivity index (χ1) is 6.38. The number of hydrogen-bond acceptors (Lipinski definition) is 1. The first kappa shape index (κ1) is 9.78. The van der Waals surface area contributed by atoms with E-state index in [-0.39, 0.29) is 0 Å². The highest BCUT2D eigenvalue weighted by molar-refractivity contribution is 5.62. The van der Waals surface area contributed by atoms with Crippen molar-refractivity contribution in [1.82, 2.24) is 4.90 Å². The fourth-order valence-corrected chi connectivity index (χ4v) is 1.16. The van der Waals surface area contributed by atoms with Gasteiger partial charge in [0, 0.05) is 18.9 Å². The van der Waals surface area contributed by atoms with Crippen LogP contribution in [0.2, 0.25) is 0 Å². The van der Waals surface area contributed by atoms with E-state index in [0.29, 0.717) is 0 Å². The summed E-state index contributed by atoms with van der Waals surface area (Å²) >= 11 is 0. The SMILES string of the molecule is CCC/C=C1\C=CC=CN1/C=N\C. The Morgan fingerprint density at radius 2 is 2.31 bits per heavy atom. The molecule has 0 spiro atoms. The lowest BCUT2D eigenvalue weighted by molar-refractivity contribution is 0.716. The van der Waals surface area contributed by atoms with Crippen LogP contribution in [0.5, 0.6) is 0 Å². The summed E-state index contributed by atoms with van der Waals surface area (Å²) in [4.78, 5) is 6.02. The summed E-state index contributed by atoms with van der Waals surface area (Å²) in [5.74, 6) is 0. The summed E-state index contributed by atoms with van der Waals surface area (Å²) in [6, 6.07) is 0. The summed E-state index contributed by atoms with van der Waals surface area (Å²) in [6.07, 6.45) is 14.5. The van der Waals surface area contributed by atoms with Gasteiger partial charge in [-0.15, -0.1) is 0 Å². The maximum absolute atomic E-state index is 3.99. The van der Waals surface area contributed by atoms with Crippen LogP contribution in [0.15, 0.2) is 41.2 Å². The Morgan fingerprint density at radius 3 is 3.00 bits per heavy atom. The fourth-order valence-electron chi connectivity index (χ4n) is 1.16. The van der Waals surface area contributed by atoms with Crippen LogP contribution in [-0.4, -0.2) is 18.3 Å². The highest BCUT2D eigenvalue weighted by atomic mass is 15.1. The minimum absolute atomic E-state index is 1.11. The van der Waals surface area contributed by atoms with Crippen LogP contribution < -0.4 is 0 Å². The molecule has 2 nitrogen and oxygen atoms in total. The molecule has 1 aliphatic rings. The van der Waals surface area contributed by atoms with Crippen molar-refractivity contribution in [2.75, 3.05) is 7.05 Å². The largest absolute Gasteiger partial charge is 0.309 e. The van der Waals surface area contributed by atoms with Crippen molar-refractivity contribution in [3.8, 4) is 0 Å². The van der Waals surface area contributed by atoms with E-state index in [1.807, 2.05) is 29.6 Å². The molecule has 0 unspecified atom stereocenters. The fraction of sp³-hybridized carbons (Fsp3) is 0.364. The molecule has 1 rings (SSSR count). The Kier molecular flexibility index (Phi) is 4.03. The molecule has 1 heterocycles. The van der Waals surface area contributed by atoms with Gasteiger partial charge in [-0.05, 0) is 18.6 Å². The monoisotopic (exact) mass is 176 g/mol. The van der Waals surface area contributed by atoms with Crippen LogP contribution in [0.3, 0.4) is 0 Å². The molecule has 0 aromatic heterocycles. The van der Waals surface area contributed by atoms with Gasteiger partial charge in [-0.2, -0.15) is 0 Å². The molecular formula is C11H16N2. The number of allylic oxidation sites excluding steroid dienone is 4. The van der Waals surface area contributed by atoms with E-state index in [1.54, 1.807) is 7.05 Å². The first-order valence-corrected chi connectivity index (χ1v) is 4.64. The average molecular weight is 176 g/mol. The van der Waals surface area contributed by atoms with Gasteiger partial charge in [0.2, 0.25) is 0 Å². The van der Waals surface area contributed by atoms with Gasteiger partial charge >= 0.3 is 0 Å². The van der Waals surface area contributed by atoms with E-state index in [0.717, 1.165) is 6.42 Å². The highest BCUT2D eigenvalue weighted by Crippen LogP contribution is 2.11. The number of hydrogen-bond donors (Lipinski definition) is 0. The second kappa shape index (κ2) is 5.36. The van der Waals surface area contributed by atoms with Crippen molar-refractivity contribution in [3.05, 3.63) is 36.2 Å². The maximum Gasteiger partial charge on any atom is 0.0931 e. The Hall–Kier alpha value is -1.31. The van der Waals surface area contributed by atoms with Gasteiger partial charge in [0.1, 0.15) is 0 Å². The summed E-state index contributed by atoms with van der Waals surface area (Å²) < 4.78 is 0. The van der Waals surface area contributed by atoms with Crippen LogP contribution >= 0.6 is 0 Å². The summed E-state index contributed by atoms with van der Waals surface area (Å²) in [5, 5.41) is 0. The number of unbranched alkanes of at least 4 members (excludes halogenated alkanes) is 1. The Balaban J connectivity index is 2.70. The van der Waals surface area contributed by atoms with Crippen molar-refractivity contribution in [3.63, 3.8) is 0 Å². The number of nitrogens with zero attached hydrogens (tertiary/aromatic N) is 2. The molecule has 0 saturated carbocycles. The molecule has 2 heteroatoms. The third-order valence-electron chi connectivity index (χ3n) is 1.80.